The summed E-state index contributed by atoms with van der Waals surface area (Å²) in [5.74, 6) is 1.11. The molecule has 1 aromatic rings. The van der Waals surface area contributed by atoms with Gasteiger partial charge in [0.15, 0.2) is 0 Å². The van der Waals surface area contributed by atoms with Crippen LogP contribution in [0.4, 0.5) is 0 Å². The molecule has 0 spiro atoms. The summed E-state index contributed by atoms with van der Waals surface area (Å²) in [4.78, 5) is 0. The molecule has 2 nitrogen and oxygen atoms in total. The van der Waals surface area contributed by atoms with Crippen molar-refractivity contribution >= 4 is 0 Å². The third-order valence-corrected chi connectivity index (χ3v) is 3.75. The second kappa shape index (κ2) is 3.52. The maximum Gasteiger partial charge on any atom is 0.122 e. The first kappa shape index (κ1) is 11.0. The summed E-state index contributed by atoms with van der Waals surface area (Å²) in [6.45, 7) is 6.32. The summed E-state index contributed by atoms with van der Waals surface area (Å²) in [5, 5.41) is 8.99. The van der Waals surface area contributed by atoms with Gasteiger partial charge in [-0.2, -0.15) is 5.26 Å². The average molecular weight is 215 g/mol. The molecule has 0 saturated heterocycles. The Kier molecular flexibility index (Phi) is 2.42. The molecule has 2 rings (SSSR count). The minimum Gasteiger partial charge on any atom is -0.496 e. The average Bonchev–Trinajstić information content (AvgIpc) is 2.93. The van der Waals surface area contributed by atoms with Crippen molar-refractivity contribution in [2.45, 2.75) is 32.6 Å². The maximum atomic E-state index is 8.99. The smallest absolute Gasteiger partial charge is 0.122 e. The molecule has 2 heteroatoms. The van der Waals surface area contributed by atoms with Crippen molar-refractivity contribution in [1.29, 1.82) is 5.26 Å². The van der Waals surface area contributed by atoms with Gasteiger partial charge in [-0.15, -0.1) is 0 Å². The molecule has 1 aromatic carbocycles. The Hall–Kier alpha value is -1.49. The summed E-state index contributed by atoms with van der Waals surface area (Å²) in [5.41, 5.74) is 3.74. The van der Waals surface area contributed by atoms with Gasteiger partial charge in [-0.05, 0) is 43.0 Å². The first-order valence-electron chi connectivity index (χ1n) is 5.58. The Labute approximate surface area is 96.9 Å². The van der Waals surface area contributed by atoms with Crippen molar-refractivity contribution in [3.05, 3.63) is 28.8 Å². The lowest BCUT2D eigenvalue weighted by Gasteiger charge is -2.16. The zero-order chi connectivity index (χ0) is 11.9. The molecule has 0 N–H and O–H groups in total. The molecule has 2 unspecified atom stereocenters. The highest BCUT2D eigenvalue weighted by Crippen LogP contribution is 2.54. The lowest BCUT2D eigenvalue weighted by Crippen LogP contribution is -2.07. The van der Waals surface area contributed by atoms with E-state index in [1.165, 1.54) is 11.1 Å². The van der Waals surface area contributed by atoms with Crippen LogP contribution in [0.3, 0.4) is 0 Å². The standard InChI is InChI=1S/C14H17NO/c1-9-6-13(16-4)10(2)5-12(9)14(3)7-11(14)8-15/h5-6,11H,7H2,1-4H3. The van der Waals surface area contributed by atoms with Crippen LogP contribution in [0.25, 0.3) is 0 Å². The van der Waals surface area contributed by atoms with Crippen molar-refractivity contribution in [2.75, 3.05) is 7.11 Å². The molecular formula is C14H17NO. The molecule has 0 bridgehead atoms. The van der Waals surface area contributed by atoms with E-state index in [0.717, 1.165) is 17.7 Å². The quantitative estimate of drug-likeness (QED) is 0.759. The number of aryl methyl sites for hydroxylation is 2. The summed E-state index contributed by atoms with van der Waals surface area (Å²) < 4.78 is 5.30. The van der Waals surface area contributed by atoms with Crippen molar-refractivity contribution < 1.29 is 4.74 Å². The fourth-order valence-corrected chi connectivity index (χ4v) is 2.48. The minimum absolute atomic E-state index is 0.0653. The van der Waals surface area contributed by atoms with Crippen molar-refractivity contribution in [3.63, 3.8) is 0 Å². The number of ether oxygens (including phenoxy) is 1. The molecule has 84 valence electrons. The zero-order valence-corrected chi connectivity index (χ0v) is 10.3. The van der Waals surface area contributed by atoms with Crippen molar-refractivity contribution in [1.82, 2.24) is 0 Å². The summed E-state index contributed by atoms with van der Waals surface area (Å²) in [7, 11) is 1.69. The molecule has 2 atom stereocenters. The Morgan fingerprint density at radius 3 is 2.56 bits per heavy atom. The van der Waals surface area contributed by atoms with Crippen LogP contribution in [0.2, 0.25) is 0 Å². The topological polar surface area (TPSA) is 33.0 Å². The van der Waals surface area contributed by atoms with Crippen LogP contribution in [-0.4, -0.2) is 7.11 Å². The van der Waals surface area contributed by atoms with Crippen LogP contribution in [0, 0.1) is 31.1 Å². The normalized spacial score (nSPS) is 27.3. The molecule has 1 aliphatic rings. The SMILES string of the molecule is COc1cc(C)c(C2(C)CC2C#N)cc1C. The lowest BCUT2D eigenvalue weighted by molar-refractivity contribution is 0.411. The predicted molar refractivity (Wildman–Crippen MR) is 63.5 cm³/mol. The van der Waals surface area contributed by atoms with E-state index in [2.05, 4.69) is 39.0 Å². The second-order valence-corrected chi connectivity index (χ2v) is 4.94. The van der Waals surface area contributed by atoms with E-state index in [0.29, 0.717) is 0 Å². The number of benzene rings is 1. The van der Waals surface area contributed by atoms with Gasteiger partial charge in [0, 0.05) is 5.41 Å². The van der Waals surface area contributed by atoms with Gasteiger partial charge in [0.25, 0.3) is 0 Å². The predicted octanol–water partition coefficient (Wildman–Crippen LogP) is 3.11. The van der Waals surface area contributed by atoms with E-state index >= 15 is 0 Å². The van der Waals surface area contributed by atoms with Gasteiger partial charge >= 0.3 is 0 Å². The third kappa shape index (κ3) is 1.48. The van der Waals surface area contributed by atoms with E-state index in [1.54, 1.807) is 7.11 Å². The van der Waals surface area contributed by atoms with E-state index in [9.17, 15) is 0 Å². The van der Waals surface area contributed by atoms with Gasteiger partial charge < -0.3 is 4.74 Å². The Morgan fingerprint density at radius 2 is 2.06 bits per heavy atom. The summed E-state index contributed by atoms with van der Waals surface area (Å²) >= 11 is 0. The Bertz CT molecular complexity index is 472. The monoisotopic (exact) mass is 215 g/mol. The molecule has 0 aromatic heterocycles. The number of nitriles is 1. The van der Waals surface area contributed by atoms with Gasteiger partial charge in [0.2, 0.25) is 0 Å². The number of nitrogens with zero attached hydrogens (tertiary/aromatic N) is 1. The minimum atomic E-state index is 0.0653. The van der Waals surface area contributed by atoms with Crippen LogP contribution in [0.15, 0.2) is 12.1 Å². The molecule has 16 heavy (non-hydrogen) atoms. The highest BCUT2D eigenvalue weighted by atomic mass is 16.5. The van der Waals surface area contributed by atoms with Crippen LogP contribution in [0.5, 0.6) is 5.75 Å². The fraction of sp³-hybridized carbons (Fsp3) is 0.500. The van der Waals surface area contributed by atoms with Crippen molar-refractivity contribution in [3.8, 4) is 11.8 Å². The van der Waals surface area contributed by atoms with Crippen molar-refractivity contribution in [2.24, 2.45) is 5.92 Å². The van der Waals surface area contributed by atoms with Gasteiger partial charge in [-0.25, -0.2) is 0 Å². The van der Waals surface area contributed by atoms with Gasteiger partial charge in [0.05, 0.1) is 19.1 Å². The molecule has 0 amide bonds. The molecule has 0 aliphatic heterocycles. The lowest BCUT2D eigenvalue weighted by atomic mass is 9.90. The number of methoxy groups -OCH3 is 1. The van der Waals surface area contributed by atoms with Crippen LogP contribution >= 0.6 is 0 Å². The number of rotatable bonds is 2. The summed E-state index contributed by atoms with van der Waals surface area (Å²) in [6.07, 6.45) is 0.982. The summed E-state index contributed by atoms with van der Waals surface area (Å²) in [6, 6.07) is 6.62. The van der Waals surface area contributed by atoms with Gasteiger partial charge in [-0.3, -0.25) is 0 Å². The fourth-order valence-electron chi connectivity index (χ4n) is 2.48. The first-order valence-corrected chi connectivity index (χ1v) is 5.58. The highest BCUT2D eigenvalue weighted by molar-refractivity contribution is 5.48. The second-order valence-electron chi connectivity index (χ2n) is 4.94. The van der Waals surface area contributed by atoms with Crippen LogP contribution < -0.4 is 4.74 Å². The van der Waals surface area contributed by atoms with E-state index < -0.39 is 0 Å². The molecule has 1 fully saturated rings. The molecular weight excluding hydrogens is 198 g/mol. The molecule has 0 radical (unpaired) electrons. The number of hydrogen-bond donors (Lipinski definition) is 0. The highest BCUT2D eigenvalue weighted by Gasteiger charge is 2.52. The van der Waals surface area contributed by atoms with Crippen LogP contribution in [-0.2, 0) is 5.41 Å². The van der Waals surface area contributed by atoms with E-state index in [4.69, 9.17) is 10.00 Å². The Balaban J connectivity index is 2.45. The largest absolute Gasteiger partial charge is 0.496 e. The molecule has 1 saturated carbocycles. The zero-order valence-electron chi connectivity index (χ0n) is 10.3. The first-order chi connectivity index (χ1) is 7.52. The Morgan fingerprint density at radius 1 is 1.38 bits per heavy atom. The maximum absolute atomic E-state index is 8.99. The molecule has 0 heterocycles. The van der Waals surface area contributed by atoms with E-state index in [-0.39, 0.29) is 11.3 Å². The molecule has 1 aliphatic carbocycles. The number of hydrogen-bond acceptors (Lipinski definition) is 2. The van der Waals surface area contributed by atoms with Gasteiger partial charge in [-0.1, -0.05) is 13.0 Å². The van der Waals surface area contributed by atoms with E-state index in [1.807, 2.05) is 0 Å². The third-order valence-electron chi connectivity index (χ3n) is 3.75. The van der Waals surface area contributed by atoms with Gasteiger partial charge in [0.1, 0.15) is 5.75 Å². The van der Waals surface area contributed by atoms with Crippen LogP contribution in [0.1, 0.15) is 30.0 Å².